The Morgan fingerprint density at radius 3 is 2.58 bits per heavy atom. The van der Waals surface area contributed by atoms with Crippen LogP contribution < -0.4 is 0 Å². The Morgan fingerprint density at radius 1 is 1.42 bits per heavy atom. The van der Waals surface area contributed by atoms with Gasteiger partial charge in [-0.2, -0.15) is 0 Å². The normalized spacial score (nSPS) is 13.0. The quantitative estimate of drug-likeness (QED) is 0.722. The van der Waals surface area contributed by atoms with Gasteiger partial charge in [0.2, 0.25) is 0 Å². The number of aliphatic hydroxyl groups excluding tert-OH is 1. The molecule has 1 N–H and O–H groups in total. The lowest BCUT2D eigenvalue weighted by Gasteiger charge is -2.04. The van der Waals surface area contributed by atoms with Crippen molar-refractivity contribution in [3.63, 3.8) is 0 Å². The predicted molar refractivity (Wildman–Crippen MR) is 41.7 cm³/mol. The summed E-state index contributed by atoms with van der Waals surface area (Å²) in [7, 11) is 0. The maximum atomic E-state index is 12.9. The average Bonchev–Trinajstić information content (AvgIpc) is 1.94. The van der Waals surface area contributed by atoms with Gasteiger partial charge in [-0.3, -0.25) is 0 Å². The minimum absolute atomic E-state index is 0.214. The summed E-state index contributed by atoms with van der Waals surface area (Å²) in [4.78, 5) is 0. The number of hydrogen-bond donors (Lipinski definition) is 1. The topological polar surface area (TPSA) is 20.2 Å². The highest BCUT2D eigenvalue weighted by molar-refractivity contribution is 5.19. The van der Waals surface area contributed by atoms with E-state index in [1.807, 2.05) is 0 Å². The first-order valence-corrected chi connectivity index (χ1v) is 3.71. The summed E-state index contributed by atoms with van der Waals surface area (Å²) in [6.07, 6.45) is -0.392. The summed E-state index contributed by atoms with van der Waals surface area (Å²) >= 11 is 0. The van der Waals surface area contributed by atoms with E-state index in [4.69, 9.17) is 5.11 Å². The fraction of sp³-hybridized carbons (Fsp3) is 0.333. The third-order valence-corrected chi connectivity index (χ3v) is 1.53. The van der Waals surface area contributed by atoms with Crippen molar-refractivity contribution in [2.45, 2.75) is 19.4 Å². The van der Waals surface area contributed by atoms with Crippen LogP contribution in [-0.2, 0) is 6.42 Å². The van der Waals surface area contributed by atoms with Gasteiger partial charge < -0.3 is 5.11 Å². The van der Waals surface area contributed by atoms with Crippen LogP contribution in [0.25, 0.3) is 0 Å². The smallest absolute Gasteiger partial charge is 0.129 e. The Bertz CT molecular complexity index is 271. The van der Waals surface area contributed by atoms with Gasteiger partial charge in [-0.25, -0.2) is 8.78 Å². The van der Waals surface area contributed by atoms with Crippen LogP contribution in [0.4, 0.5) is 8.78 Å². The van der Waals surface area contributed by atoms with E-state index in [-0.39, 0.29) is 6.42 Å². The SMILES string of the molecule is C[C@@H](O)Cc1ccc(F)cc1F. The van der Waals surface area contributed by atoms with Crippen molar-refractivity contribution in [2.75, 3.05) is 0 Å². The van der Waals surface area contributed by atoms with Crippen LogP contribution in [0, 0.1) is 11.6 Å². The minimum atomic E-state index is -0.607. The molecule has 0 spiro atoms. The lowest BCUT2D eigenvalue weighted by molar-refractivity contribution is 0.194. The second-order valence-electron chi connectivity index (χ2n) is 2.79. The van der Waals surface area contributed by atoms with E-state index >= 15 is 0 Å². The van der Waals surface area contributed by atoms with Crippen LogP contribution in [0.5, 0.6) is 0 Å². The summed E-state index contributed by atoms with van der Waals surface area (Å²) in [5.41, 5.74) is 0.339. The molecule has 1 aromatic rings. The Balaban J connectivity index is 2.86. The van der Waals surface area contributed by atoms with Gasteiger partial charge in [0, 0.05) is 12.5 Å². The molecule has 0 aliphatic heterocycles. The van der Waals surface area contributed by atoms with E-state index in [0.29, 0.717) is 5.56 Å². The van der Waals surface area contributed by atoms with Crippen LogP contribution in [0.15, 0.2) is 18.2 Å². The summed E-state index contributed by atoms with van der Waals surface area (Å²) in [6, 6.07) is 3.34. The summed E-state index contributed by atoms with van der Waals surface area (Å²) in [5.74, 6) is -1.20. The van der Waals surface area contributed by atoms with E-state index in [9.17, 15) is 8.78 Å². The number of hydrogen-bond acceptors (Lipinski definition) is 1. The average molecular weight is 172 g/mol. The third-order valence-electron chi connectivity index (χ3n) is 1.53. The van der Waals surface area contributed by atoms with E-state index < -0.39 is 17.7 Å². The molecule has 1 aromatic carbocycles. The second-order valence-corrected chi connectivity index (χ2v) is 2.79. The fourth-order valence-corrected chi connectivity index (χ4v) is 1.01. The Hall–Kier alpha value is -0.960. The molecular weight excluding hydrogens is 162 g/mol. The van der Waals surface area contributed by atoms with Gasteiger partial charge in [-0.05, 0) is 18.6 Å². The third kappa shape index (κ3) is 2.27. The van der Waals surface area contributed by atoms with Crippen molar-refractivity contribution >= 4 is 0 Å². The zero-order valence-electron chi connectivity index (χ0n) is 6.72. The lowest BCUT2D eigenvalue weighted by Crippen LogP contribution is -2.06. The molecular formula is C9H10F2O. The van der Waals surface area contributed by atoms with E-state index in [0.717, 1.165) is 6.07 Å². The molecule has 12 heavy (non-hydrogen) atoms. The standard InChI is InChI=1S/C9H10F2O/c1-6(12)4-7-2-3-8(10)5-9(7)11/h2-3,5-6,12H,4H2,1H3/t6-/m1/s1. The van der Waals surface area contributed by atoms with Crippen LogP contribution in [0.1, 0.15) is 12.5 Å². The van der Waals surface area contributed by atoms with Crippen molar-refractivity contribution in [1.82, 2.24) is 0 Å². The number of benzene rings is 1. The van der Waals surface area contributed by atoms with Crippen molar-refractivity contribution in [1.29, 1.82) is 0 Å². The highest BCUT2D eigenvalue weighted by Crippen LogP contribution is 2.11. The number of rotatable bonds is 2. The lowest BCUT2D eigenvalue weighted by atomic mass is 10.1. The minimum Gasteiger partial charge on any atom is -0.393 e. The molecule has 0 amide bonds. The molecule has 1 nitrogen and oxygen atoms in total. The molecule has 0 heterocycles. The second kappa shape index (κ2) is 3.63. The number of halogens is 2. The highest BCUT2D eigenvalue weighted by Gasteiger charge is 2.05. The molecule has 0 unspecified atom stereocenters. The Labute approximate surface area is 69.7 Å². The molecule has 1 atom stereocenters. The van der Waals surface area contributed by atoms with Crippen molar-refractivity contribution < 1.29 is 13.9 Å². The van der Waals surface area contributed by atoms with Crippen LogP contribution in [0.2, 0.25) is 0 Å². The molecule has 0 aromatic heterocycles. The molecule has 0 saturated heterocycles. The number of aliphatic hydroxyl groups is 1. The first-order chi connectivity index (χ1) is 5.59. The molecule has 0 fully saturated rings. The first-order valence-electron chi connectivity index (χ1n) is 3.71. The van der Waals surface area contributed by atoms with E-state index in [2.05, 4.69) is 0 Å². The molecule has 66 valence electrons. The molecule has 0 aliphatic carbocycles. The molecule has 3 heteroatoms. The maximum Gasteiger partial charge on any atom is 0.129 e. The van der Waals surface area contributed by atoms with Crippen LogP contribution in [0.3, 0.4) is 0 Å². The van der Waals surface area contributed by atoms with Gasteiger partial charge in [0.05, 0.1) is 6.10 Å². The highest BCUT2D eigenvalue weighted by atomic mass is 19.1. The predicted octanol–water partition coefficient (Wildman–Crippen LogP) is 1.89. The van der Waals surface area contributed by atoms with Crippen molar-refractivity contribution in [3.05, 3.63) is 35.4 Å². The largest absolute Gasteiger partial charge is 0.393 e. The van der Waals surface area contributed by atoms with Crippen molar-refractivity contribution in [3.8, 4) is 0 Å². The zero-order valence-corrected chi connectivity index (χ0v) is 6.72. The van der Waals surface area contributed by atoms with Gasteiger partial charge in [0.25, 0.3) is 0 Å². The monoisotopic (exact) mass is 172 g/mol. The Kier molecular flexibility index (Phi) is 2.76. The zero-order chi connectivity index (χ0) is 9.14. The van der Waals surface area contributed by atoms with E-state index in [1.54, 1.807) is 6.92 Å². The molecule has 0 bridgehead atoms. The maximum absolute atomic E-state index is 12.9. The molecule has 0 aliphatic rings. The summed E-state index contributed by atoms with van der Waals surface area (Å²) in [5, 5.41) is 8.94. The van der Waals surface area contributed by atoms with Crippen molar-refractivity contribution in [2.24, 2.45) is 0 Å². The van der Waals surface area contributed by atoms with E-state index in [1.165, 1.54) is 12.1 Å². The van der Waals surface area contributed by atoms with Crippen LogP contribution in [-0.4, -0.2) is 11.2 Å². The summed E-state index contributed by atoms with van der Waals surface area (Å²) < 4.78 is 25.2. The van der Waals surface area contributed by atoms with Gasteiger partial charge >= 0.3 is 0 Å². The summed E-state index contributed by atoms with van der Waals surface area (Å²) in [6.45, 7) is 1.56. The molecule has 1 rings (SSSR count). The van der Waals surface area contributed by atoms with Gasteiger partial charge in [0.1, 0.15) is 11.6 Å². The molecule has 0 saturated carbocycles. The van der Waals surface area contributed by atoms with Gasteiger partial charge in [0.15, 0.2) is 0 Å². The molecule has 0 radical (unpaired) electrons. The Morgan fingerprint density at radius 2 is 2.08 bits per heavy atom. The first kappa shape index (κ1) is 9.13. The van der Waals surface area contributed by atoms with Crippen LogP contribution >= 0.6 is 0 Å². The van der Waals surface area contributed by atoms with Gasteiger partial charge in [-0.15, -0.1) is 0 Å². The van der Waals surface area contributed by atoms with Gasteiger partial charge in [-0.1, -0.05) is 6.07 Å². The fourth-order valence-electron chi connectivity index (χ4n) is 1.01.